The maximum Gasteiger partial charge on any atom is 0.0612 e. The van der Waals surface area contributed by atoms with Gasteiger partial charge in [-0.2, -0.15) is 0 Å². The van der Waals surface area contributed by atoms with Crippen molar-refractivity contribution in [2.24, 2.45) is 5.92 Å². The van der Waals surface area contributed by atoms with Crippen molar-refractivity contribution in [1.82, 2.24) is 5.32 Å². The van der Waals surface area contributed by atoms with Crippen LogP contribution in [0, 0.1) is 5.92 Å². The number of ether oxygens (including phenoxy) is 1. The van der Waals surface area contributed by atoms with Crippen molar-refractivity contribution in [1.29, 1.82) is 0 Å². The molecule has 0 radical (unpaired) electrons. The standard InChI is InChI=1S/C15H25NOS/c1-11(2)15-10-13(6-7-17-15)16-12(3)9-14-5-4-8-18-14/h4-5,8,11-13,15-16H,6-7,9-10H2,1-3H3. The maximum absolute atomic E-state index is 5.82. The highest BCUT2D eigenvalue weighted by Gasteiger charge is 2.25. The Balaban J connectivity index is 1.78. The van der Waals surface area contributed by atoms with E-state index in [2.05, 4.69) is 43.6 Å². The van der Waals surface area contributed by atoms with Crippen molar-refractivity contribution in [2.45, 2.75) is 58.2 Å². The van der Waals surface area contributed by atoms with E-state index in [0.717, 1.165) is 25.9 Å². The first-order valence-corrected chi connectivity index (χ1v) is 7.93. The molecular weight excluding hydrogens is 242 g/mol. The molecule has 0 bridgehead atoms. The van der Waals surface area contributed by atoms with Gasteiger partial charge in [0.25, 0.3) is 0 Å². The van der Waals surface area contributed by atoms with E-state index in [1.165, 1.54) is 4.88 Å². The van der Waals surface area contributed by atoms with E-state index in [9.17, 15) is 0 Å². The lowest BCUT2D eigenvalue weighted by atomic mass is 9.94. The van der Waals surface area contributed by atoms with Crippen LogP contribution in [0.15, 0.2) is 17.5 Å². The second kappa shape index (κ2) is 6.69. The quantitative estimate of drug-likeness (QED) is 0.882. The molecule has 2 nitrogen and oxygen atoms in total. The van der Waals surface area contributed by atoms with Crippen molar-refractivity contribution in [3.8, 4) is 0 Å². The molecule has 3 atom stereocenters. The molecule has 2 heterocycles. The topological polar surface area (TPSA) is 21.3 Å². The van der Waals surface area contributed by atoms with E-state index in [0.29, 0.717) is 24.1 Å². The van der Waals surface area contributed by atoms with Crippen molar-refractivity contribution < 1.29 is 4.74 Å². The summed E-state index contributed by atoms with van der Waals surface area (Å²) in [4.78, 5) is 1.47. The first-order chi connectivity index (χ1) is 8.65. The van der Waals surface area contributed by atoms with Gasteiger partial charge in [0.2, 0.25) is 0 Å². The summed E-state index contributed by atoms with van der Waals surface area (Å²) < 4.78 is 5.82. The van der Waals surface area contributed by atoms with Gasteiger partial charge < -0.3 is 10.1 Å². The summed E-state index contributed by atoms with van der Waals surface area (Å²) >= 11 is 1.85. The molecule has 3 heteroatoms. The third kappa shape index (κ3) is 4.08. The van der Waals surface area contributed by atoms with Crippen LogP contribution in [0.5, 0.6) is 0 Å². The molecule has 1 N–H and O–H groups in total. The largest absolute Gasteiger partial charge is 0.378 e. The molecule has 18 heavy (non-hydrogen) atoms. The van der Waals surface area contributed by atoms with Crippen LogP contribution in [0.25, 0.3) is 0 Å². The van der Waals surface area contributed by atoms with Gasteiger partial charge in [-0.15, -0.1) is 11.3 Å². The normalized spacial score (nSPS) is 26.4. The SMILES string of the molecule is CC(Cc1cccs1)NC1CCOC(C(C)C)C1. The van der Waals surface area contributed by atoms with Gasteiger partial charge in [-0.3, -0.25) is 0 Å². The summed E-state index contributed by atoms with van der Waals surface area (Å²) in [6, 6.07) is 5.54. The molecule has 0 spiro atoms. The van der Waals surface area contributed by atoms with E-state index in [4.69, 9.17) is 4.74 Å². The molecule has 0 aliphatic carbocycles. The minimum absolute atomic E-state index is 0.435. The molecule has 102 valence electrons. The first-order valence-electron chi connectivity index (χ1n) is 7.05. The van der Waals surface area contributed by atoms with Crippen molar-refractivity contribution in [2.75, 3.05) is 6.61 Å². The van der Waals surface area contributed by atoms with E-state index in [1.807, 2.05) is 11.3 Å². The highest BCUT2D eigenvalue weighted by atomic mass is 32.1. The maximum atomic E-state index is 5.82. The minimum Gasteiger partial charge on any atom is -0.378 e. The number of rotatable bonds is 5. The van der Waals surface area contributed by atoms with E-state index >= 15 is 0 Å². The molecular formula is C15H25NOS. The van der Waals surface area contributed by atoms with Gasteiger partial charge in [-0.05, 0) is 43.6 Å². The monoisotopic (exact) mass is 267 g/mol. The molecule has 0 saturated carbocycles. The molecule has 2 rings (SSSR count). The summed E-state index contributed by atoms with van der Waals surface area (Å²) in [5.74, 6) is 0.627. The lowest BCUT2D eigenvalue weighted by molar-refractivity contribution is -0.0256. The fourth-order valence-corrected chi connectivity index (χ4v) is 3.47. The molecule has 1 aliphatic heterocycles. The molecule has 1 aromatic heterocycles. The predicted molar refractivity (Wildman–Crippen MR) is 78.2 cm³/mol. The Morgan fingerprint density at radius 2 is 2.28 bits per heavy atom. The fraction of sp³-hybridized carbons (Fsp3) is 0.733. The zero-order chi connectivity index (χ0) is 13.0. The fourth-order valence-electron chi connectivity index (χ4n) is 2.64. The molecule has 1 aliphatic rings. The van der Waals surface area contributed by atoms with Crippen LogP contribution >= 0.6 is 11.3 Å². The number of hydrogen-bond donors (Lipinski definition) is 1. The predicted octanol–water partition coefficient (Wildman–Crippen LogP) is 3.47. The smallest absolute Gasteiger partial charge is 0.0612 e. The number of thiophene rings is 1. The van der Waals surface area contributed by atoms with Crippen LogP contribution in [-0.2, 0) is 11.2 Å². The van der Waals surface area contributed by atoms with Gasteiger partial charge in [0, 0.05) is 23.6 Å². The Bertz CT molecular complexity index is 336. The summed E-state index contributed by atoms with van der Waals surface area (Å²) in [6.07, 6.45) is 3.89. The zero-order valence-electron chi connectivity index (χ0n) is 11.7. The van der Waals surface area contributed by atoms with Gasteiger partial charge >= 0.3 is 0 Å². The Kier molecular flexibility index (Phi) is 5.22. The average Bonchev–Trinajstić information content (AvgIpc) is 2.82. The second-order valence-electron chi connectivity index (χ2n) is 5.73. The summed E-state index contributed by atoms with van der Waals surface area (Å²) in [6.45, 7) is 7.70. The van der Waals surface area contributed by atoms with E-state index < -0.39 is 0 Å². The van der Waals surface area contributed by atoms with Crippen LogP contribution in [0.2, 0.25) is 0 Å². The van der Waals surface area contributed by atoms with Crippen LogP contribution < -0.4 is 5.32 Å². The van der Waals surface area contributed by atoms with Crippen LogP contribution in [0.1, 0.15) is 38.5 Å². The highest BCUT2D eigenvalue weighted by Crippen LogP contribution is 2.21. The zero-order valence-corrected chi connectivity index (χ0v) is 12.5. The molecule has 1 aromatic rings. The van der Waals surface area contributed by atoms with E-state index in [-0.39, 0.29) is 0 Å². The third-order valence-electron chi connectivity index (χ3n) is 3.67. The van der Waals surface area contributed by atoms with Crippen molar-refractivity contribution in [3.63, 3.8) is 0 Å². The highest BCUT2D eigenvalue weighted by molar-refractivity contribution is 7.09. The number of hydrogen-bond acceptors (Lipinski definition) is 3. The molecule has 0 aromatic carbocycles. The number of nitrogens with one attached hydrogen (secondary N) is 1. The molecule has 3 unspecified atom stereocenters. The van der Waals surface area contributed by atoms with Gasteiger partial charge in [-0.1, -0.05) is 19.9 Å². The molecule has 1 saturated heterocycles. The lowest BCUT2D eigenvalue weighted by Gasteiger charge is -2.34. The van der Waals surface area contributed by atoms with Crippen molar-refractivity contribution >= 4 is 11.3 Å². The van der Waals surface area contributed by atoms with Crippen molar-refractivity contribution in [3.05, 3.63) is 22.4 Å². The molecule has 0 amide bonds. The van der Waals surface area contributed by atoms with Gasteiger partial charge in [-0.25, -0.2) is 0 Å². The second-order valence-corrected chi connectivity index (χ2v) is 6.76. The summed E-state index contributed by atoms with van der Waals surface area (Å²) in [5.41, 5.74) is 0. The van der Waals surface area contributed by atoms with Gasteiger partial charge in [0.15, 0.2) is 0 Å². The van der Waals surface area contributed by atoms with Gasteiger partial charge in [0.05, 0.1) is 6.10 Å². The average molecular weight is 267 g/mol. The Labute approximate surface area is 115 Å². The first kappa shape index (κ1) is 14.0. The van der Waals surface area contributed by atoms with Crippen LogP contribution in [0.3, 0.4) is 0 Å². The Hall–Kier alpha value is -0.380. The molecule has 1 fully saturated rings. The van der Waals surface area contributed by atoms with E-state index in [1.54, 1.807) is 0 Å². The van der Waals surface area contributed by atoms with Crippen LogP contribution in [-0.4, -0.2) is 24.8 Å². The lowest BCUT2D eigenvalue weighted by Crippen LogP contribution is -2.44. The minimum atomic E-state index is 0.435. The van der Waals surface area contributed by atoms with Crippen LogP contribution in [0.4, 0.5) is 0 Å². The Morgan fingerprint density at radius 1 is 1.44 bits per heavy atom. The Morgan fingerprint density at radius 3 is 2.94 bits per heavy atom. The third-order valence-corrected chi connectivity index (χ3v) is 4.57. The summed E-state index contributed by atoms with van der Waals surface area (Å²) in [7, 11) is 0. The summed E-state index contributed by atoms with van der Waals surface area (Å²) in [5, 5.41) is 5.93. The van der Waals surface area contributed by atoms with Gasteiger partial charge in [0.1, 0.15) is 0 Å².